The van der Waals surface area contributed by atoms with Gasteiger partial charge in [-0.1, -0.05) is 19.9 Å². The topological polar surface area (TPSA) is 0 Å². The van der Waals surface area contributed by atoms with Gasteiger partial charge in [-0.3, -0.25) is 0 Å². The summed E-state index contributed by atoms with van der Waals surface area (Å²) < 4.78 is 0. The molecule has 1 fully saturated rings. The molecule has 0 amide bonds. The molecule has 0 aromatic carbocycles. The Morgan fingerprint density at radius 3 is 2.00 bits per heavy atom. The van der Waals surface area contributed by atoms with Gasteiger partial charge in [0.05, 0.1) is 0 Å². The van der Waals surface area contributed by atoms with Gasteiger partial charge in [-0.25, -0.2) is 0 Å². The summed E-state index contributed by atoms with van der Waals surface area (Å²) in [5, 5.41) is 0. The zero-order chi connectivity index (χ0) is 6.15. The molecule has 0 radical (unpaired) electrons. The number of hydrogen-bond donors (Lipinski definition) is 0. The van der Waals surface area contributed by atoms with E-state index >= 15 is 0 Å². The van der Waals surface area contributed by atoms with E-state index in [0.717, 1.165) is 17.8 Å². The van der Waals surface area contributed by atoms with Crippen molar-refractivity contribution in [2.75, 3.05) is 0 Å². The summed E-state index contributed by atoms with van der Waals surface area (Å²) in [6, 6.07) is 0. The molecule has 0 heteroatoms. The Bertz CT molecular complexity index is 86.2. The van der Waals surface area contributed by atoms with Crippen LogP contribution in [0.15, 0.2) is 12.7 Å². The van der Waals surface area contributed by atoms with Crippen molar-refractivity contribution in [3.8, 4) is 0 Å². The fraction of sp³-hybridized carbons (Fsp3) is 0.750. The molecule has 0 aromatic rings. The molecule has 0 heterocycles. The van der Waals surface area contributed by atoms with E-state index in [1.165, 1.54) is 6.42 Å². The van der Waals surface area contributed by atoms with Crippen molar-refractivity contribution >= 4 is 0 Å². The summed E-state index contributed by atoms with van der Waals surface area (Å²) in [5.41, 5.74) is 0. The molecule has 0 aromatic heterocycles. The van der Waals surface area contributed by atoms with E-state index < -0.39 is 0 Å². The Kier molecular flexibility index (Phi) is 1.41. The van der Waals surface area contributed by atoms with Gasteiger partial charge < -0.3 is 0 Å². The van der Waals surface area contributed by atoms with Crippen LogP contribution in [0.5, 0.6) is 0 Å². The predicted molar refractivity (Wildman–Crippen MR) is 36.6 cm³/mol. The molecular weight excluding hydrogens is 96.1 g/mol. The van der Waals surface area contributed by atoms with Gasteiger partial charge in [0.15, 0.2) is 0 Å². The van der Waals surface area contributed by atoms with Crippen molar-refractivity contribution in [3.05, 3.63) is 12.7 Å². The summed E-state index contributed by atoms with van der Waals surface area (Å²) in [6.07, 6.45) is 3.50. The van der Waals surface area contributed by atoms with E-state index in [0.29, 0.717) is 0 Å². The van der Waals surface area contributed by atoms with Gasteiger partial charge in [0.1, 0.15) is 0 Å². The van der Waals surface area contributed by atoms with Crippen molar-refractivity contribution in [2.24, 2.45) is 17.8 Å². The summed E-state index contributed by atoms with van der Waals surface area (Å²) >= 11 is 0. The fourth-order valence-electron chi connectivity index (χ4n) is 1.73. The van der Waals surface area contributed by atoms with Crippen LogP contribution in [0, 0.1) is 17.8 Å². The molecule has 0 nitrogen and oxygen atoms in total. The molecule has 8 heavy (non-hydrogen) atoms. The maximum absolute atomic E-state index is 3.78. The number of rotatable bonds is 1. The van der Waals surface area contributed by atoms with E-state index in [2.05, 4.69) is 26.5 Å². The number of hydrogen-bond acceptors (Lipinski definition) is 0. The standard InChI is InChI=1S/C8H14/c1-4-8-6(2)5-7(8)3/h4,6-8H,1,5H2,2-3H3. The molecule has 1 rings (SSSR count). The zero-order valence-corrected chi connectivity index (χ0v) is 5.72. The third-order valence-electron chi connectivity index (χ3n) is 2.33. The number of allylic oxidation sites excluding steroid dienone is 1. The molecule has 1 aliphatic rings. The van der Waals surface area contributed by atoms with Crippen molar-refractivity contribution in [1.82, 2.24) is 0 Å². The summed E-state index contributed by atoms with van der Waals surface area (Å²) in [7, 11) is 0. The van der Waals surface area contributed by atoms with Crippen molar-refractivity contribution in [2.45, 2.75) is 20.3 Å². The van der Waals surface area contributed by atoms with Crippen LogP contribution >= 0.6 is 0 Å². The van der Waals surface area contributed by atoms with Crippen LogP contribution in [-0.2, 0) is 0 Å². The minimum Gasteiger partial charge on any atom is -0.103 e. The first-order valence-electron chi connectivity index (χ1n) is 3.38. The third-order valence-corrected chi connectivity index (χ3v) is 2.33. The molecule has 0 bridgehead atoms. The van der Waals surface area contributed by atoms with Crippen molar-refractivity contribution in [1.29, 1.82) is 0 Å². The molecule has 46 valence electrons. The maximum Gasteiger partial charge on any atom is -0.0185 e. The van der Waals surface area contributed by atoms with E-state index in [1.807, 2.05) is 0 Å². The monoisotopic (exact) mass is 110 g/mol. The first-order chi connectivity index (χ1) is 3.75. The Hall–Kier alpha value is -0.260. The van der Waals surface area contributed by atoms with Gasteiger partial charge in [-0.2, -0.15) is 0 Å². The van der Waals surface area contributed by atoms with Gasteiger partial charge in [0.2, 0.25) is 0 Å². The van der Waals surface area contributed by atoms with E-state index in [1.54, 1.807) is 0 Å². The molecular formula is C8H14. The van der Waals surface area contributed by atoms with Gasteiger partial charge in [-0.15, -0.1) is 6.58 Å². The van der Waals surface area contributed by atoms with E-state index in [-0.39, 0.29) is 0 Å². The highest BCUT2D eigenvalue weighted by molar-refractivity contribution is 4.94. The average Bonchev–Trinajstić information content (AvgIpc) is 1.67. The zero-order valence-electron chi connectivity index (χ0n) is 5.72. The molecule has 0 saturated heterocycles. The fourth-order valence-corrected chi connectivity index (χ4v) is 1.73. The van der Waals surface area contributed by atoms with Crippen LogP contribution in [0.2, 0.25) is 0 Å². The van der Waals surface area contributed by atoms with Gasteiger partial charge in [-0.05, 0) is 24.2 Å². The van der Waals surface area contributed by atoms with Crippen LogP contribution < -0.4 is 0 Å². The van der Waals surface area contributed by atoms with Crippen molar-refractivity contribution < 1.29 is 0 Å². The lowest BCUT2D eigenvalue weighted by atomic mass is 9.67. The van der Waals surface area contributed by atoms with Crippen LogP contribution in [0.4, 0.5) is 0 Å². The van der Waals surface area contributed by atoms with Gasteiger partial charge in [0.25, 0.3) is 0 Å². The molecule has 2 atom stereocenters. The van der Waals surface area contributed by atoms with Crippen molar-refractivity contribution in [3.63, 3.8) is 0 Å². The minimum absolute atomic E-state index is 0.815. The second-order valence-electron chi connectivity index (χ2n) is 3.00. The Morgan fingerprint density at radius 2 is 1.88 bits per heavy atom. The second-order valence-corrected chi connectivity index (χ2v) is 3.00. The Morgan fingerprint density at radius 1 is 1.38 bits per heavy atom. The van der Waals surface area contributed by atoms with E-state index in [9.17, 15) is 0 Å². The Labute approximate surface area is 51.6 Å². The summed E-state index contributed by atoms with van der Waals surface area (Å²) in [6.45, 7) is 8.38. The van der Waals surface area contributed by atoms with E-state index in [4.69, 9.17) is 0 Å². The highest BCUT2D eigenvalue weighted by Gasteiger charge is 2.31. The third kappa shape index (κ3) is 0.683. The molecule has 0 spiro atoms. The van der Waals surface area contributed by atoms with Gasteiger partial charge >= 0.3 is 0 Å². The summed E-state index contributed by atoms with van der Waals surface area (Å²) in [4.78, 5) is 0. The smallest absolute Gasteiger partial charge is 0.0185 e. The lowest BCUT2D eigenvalue weighted by Crippen LogP contribution is -2.30. The molecule has 0 aliphatic heterocycles. The average molecular weight is 110 g/mol. The summed E-state index contributed by atoms with van der Waals surface area (Å²) in [5.74, 6) is 2.62. The highest BCUT2D eigenvalue weighted by atomic mass is 14.4. The minimum atomic E-state index is 0.815. The largest absolute Gasteiger partial charge is 0.103 e. The maximum atomic E-state index is 3.78. The van der Waals surface area contributed by atoms with Crippen LogP contribution in [0.1, 0.15) is 20.3 Å². The highest BCUT2D eigenvalue weighted by Crippen LogP contribution is 2.39. The Balaban J connectivity index is 2.39. The molecule has 1 aliphatic carbocycles. The lowest BCUT2D eigenvalue weighted by molar-refractivity contribution is 0.148. The second kappa shape index (κ2) is 1.93. The molecule has 0 N–H and O–H groups in total. The van der Waals surface area contributed by atoms with Gasteiger partial charge in [0, 0.05) is 0 Å². The molecule has 2 unspecified atom stereocenters. The SMILES string of the molecule is C=CC1C(C)CC1C. The molecule has 1 saturated carbocycles. The first-order valence-corrected chi connectivity index (χ1v) is 3.38. The van der Waals surface area contributed by atoms with Crippen LogP contribution in [0.3, 0.4) is 0 Å². The lowest BCUT2D eigenvalue weighted by Gasteiger charge is -2.38. The van der Waals surface area contributed by atoms with Crippen LogP contribution in [-0.4, -0.2) is 0 Å². The van der Waals surface area contributed by atoms with Crippen LogP contribution in [0.25, 0.3) is 0 Å². The normalized spacial score (nSPS) is 45.5. The quantitative estimate of drug-likeness (QED) is 0.455. The predicted octanol–water partition coefficient (Wildman–Crippen LogP) is 2.46. The first kappa shape index (κ1) is 5.87.